The zero-order valence-electron chi connectivity index (χ0n) is 8.36. The Kier molecular flexibility index (Phi) is 3.10. The molecule has 0 aromatic rings. The van der Waals surface area contributed by atoms with Crippen LogP contribution in [-0.2, 0) is 0 Å². The molecule has 2 atom stereocenters. The lowest BCUT2D eigenvalue weighted by atomic mass is 9.84. The summed E-state index contributed by atoms with van der Waals surface area (Å²) < 4.78 is 13.5. The molecule has 1 aliphatic heterocycles. The van der Waals surface area contributed by atoms with Gasteiger partial charge in [0.2, 0.25) is 0 Å². The molecule has 1 fully saturated rings. The van der Waals surface area contributed by atoms with Gasteiger partial charge in [0, 0.05) is 0 Å². The monoisotopic (exact) mass is 173 g/mol. The van der Waals surface area contributed by atoms with E-state index in [4.69, 9.17) is 0 Å². The summed E-state index contributed by atoms with van der Waals surface area (Å²) in [6.07, 6.45) is 1.23. The van der Waals surface area contributed by atoms with E-state index in [0.717, 1.165) is 25.9 Å². The highest BCUT2D eigenvalue weighted by molar-refractivity contribution is 4.80. The van der Waals surface area contributed by atoms with Crippen molar-refractivity contribution in [1.29, 1.82) is 0 Å². The molecule has 1 rings (SSSR count). The molecule has 2 heteroatoms. The minimum Gasteiger partial charge on any atom is -0.316 e. The SMILES string of the molecule is CC(C)(C)C(F)CC1CCNC1. The van der Waals surface area contributed by atoms with Crippen LogP contribution < -0.4 is 5.32 Å². The second kappa shape index (κ2) is 3.73. The van der Waals surface area contributed by atoms with Crippen LogP contribution in [0.1, 0.15) is 33.6 Å². The van der Waals surface area contributed by atoms with Gasteiger partial charge in [-0.2, -0.15) is 0 Å². The first-order valence-corrected chi connectivity index (χ1v) is 4.85. The van der Waals surface area contributed by atoms with Gasteiger partial charge in [-0.1, -0.05) is 20.8 Å². The molecule has 0 aromatic carbocycles. The van der Waals surface area contributed by atoms with Gasteiger partial charge in [0.1, 0.15) is 6.17 Å². The van der Waals surface area contributed by atoms with E-state index in [1.165, 1.54) is 0 Å². The van der Waals surface area contributed by atoms with E-state index in [2.05, 4.69) is 5.32 Å². The normalized spacial score (nSPS) is 27.5. The standard InChI is InChI=1S/C10H20FN/c1-10(2,3)9(11)6-8-4-5-12-7-8/h8-9,12H,4-7H2,1-3H3. The van der Waals surface area contributed by atoms with E-state index < -0.39 is 6.17 Å². The van der Waals surface area contributed by atoms with Crippen molar-refractivity contribution in [2.75, 3.05) is 13.1 Å². The minimum atomic E-state index is -0.651. The second-order valence-electron chi connectivity index (χ2n) is 4.93. The fourth-order valence-electron chi connectivity index (χ4n) is 1.56. The van der Waals surface area contributed by atoms with Gasteiger partial charge in [0.15, 0.2) is 0 Å². The van der Waals surface area contributed by atoms with Crippen LogP contribution >= 0.6 is 0 Å². The Hall–Kier alpha value is -0.110. The Balaban J connectivity index is 2.30. The number of alkyl halides is 1. The van der Waals surface area contributed by atoms with Gasteiger partial charge in [-0.25, -0.2) is 4.39 Å². The molecule has 72 valence electrons. The third-order valence-electron chi connectivity index (χ3n) is 2.64. The molecule has 0 saturated carbocycles. The van der Waals surface area contributed by atoms with Crippen molar-refractivity contribution in [3.63, 3.8) is 0 Å². The molecule has 0 aliphatic carbocycles. The quantitative estimate of drug-likeness (QED) is 0.676. The van der Waals surface area contributed by atoms with Crippen molar-refractivity contribution in [3.05, 3.63) is 0 Å². The largest absolute Gasteiger partial charge is 0.316 e. The van der Waals surface area contributed by atoms with Gasteiger partial charge in [-0.3, -0.25) is 0 Å². The molecule has 1 saturated heterocycles. The van der Waals surface area contributed by atoms with E-state index in [9.17, 15) is 4.39 Å². The van der Waals surface area contributed by atoms with Crippen LogP contribution in [0, 0.1) is 11.3 Å². The van der Waals surface area contributed by atoms with Crippen LogP contribution in [0.25, 0.3) is 0 Å². The van der Waals surface area contributed by atoms with E-state index >= 15 is 0 Å². The van der Waals surface area contributed by atoms with Crippen LogP contribution in [0.5, 0.6) is 0 Å². The van der Waals surface area contributed by atoms with Crippen LogP contribution in [-0.4, -0.2) is 19.3 Å². The summed E-state index contributed by atoms with van der Waals surface area (Å²) in [5, 5.41) is 3.26. The minimum absolute atomic E-state index is 0.178. The van der Waals surface area contributed by atoms with E-state index in [1.54, 1.807) is 0 Å². The maximum atomic E-state index is 13.5. The lowest BCUT2D eigenvalue weighted by Crippen LogP contribution is -2.25. The molecule has 0 aromatic heterocycles. The molecular weight excluding hydrogens is 153 g/mol. The van der Waals surface area contributed by atoms with Crippen molar-refractivity contribution in [2.45, 2.75) is 39.8 Å². The Morgan fingerprint density at radius 2 is 2.17 bits per heavy atom. The molecule has 1 aliphatic rings. The molecular formula is C10H20FN. The summed E-state index contributed by atoms with van der Waals surface area (Å²) in [7, 11) is 0. The summed E-state index contributed by atoms with van der Waals surface area (Å²) in [4.78, 5) is 0. The third kappa shape index (κ3) is 2.74. The lowest BCUT2D eigenvalue weighted by molar-refractivity contribution is 0.134. The predicted octanol–water partition coefficient (Wildman–Crippen LogP) is 2.37. The van der Waals surface area contributed by atoms with Crippen molar-refractivity contribution >= 4 is 0 Å². The van der Waals surface area contributed by atoms with Gasteiger partial charge in [0.05, 0.1) is 0 Å². The Morgan fingerprint density at radius 1 is 1.50 bits per heavy atom. The van der Waals surface area contributed by atoms with E-state index in [1.807, 2.05) is 20.8 Å². The number of halogens is 1. The van der Waals surface area contributed by atoms with Crippen molar-refractivity contribution < 1.29 is 4.39 Å². The highest BCUT2D eigenvalue weighted by Gasteiger charge is 2.28. The van der Waals surface area contributed by atoms with Crippen molar-refractivity contribution in [3.8, 4) is 0 Å². The molecule has 0 radical (unpaired) electrons. The van der Waals surface area contributed by atoms with Crippen LogP contribution in [0.4, 0.5) is 4.39 Å². The van der Waals surface area contributed by atoms with Crippen LogP contribution in [0.2, 0.25) is 0 Å². The molecule has 1 N–H and O–H groups in total. The first-order valence-electron chi connectivity index (χ1n) is 4.85. The zero-order valence-corrected chi connectivity index (χ0v) is 8.36. The topological polar surface area (TPSA) is 12.0 Å². The molecule has 2 unspecified atom stereocenters. The number of hydrogen-bond acceptors (Lipinski definition) is 1. The second-order valence-corrected chi connectivity index (χ2v) is 4.93. The van der Waals surface area contributed by atoms with Crippen LogP contribution in [0.15, 0.2) is 0 Å². The summed E-state index contributed by atoms with van der Waals surface area (Å²) in [6, 6.07) is 0. The molecule has 1 heterocycles. The fourth-order valence-corrected chi connectivity index (χ4v) is 1.56. The third-order valence-corrected chi connectivity index (χ3v) is 2.64. The summed E-state index contributed by atoms with van der Waals surface area (Å²) in [5.41, 5.74) is -0.178. The van der Waals surface area contributed by atoms with Gasteiger partial charge in [-0.15, -0.1) is 0 Å². The van der Waals surface area contributed by atoms with Gasteiger partial charge < -0.3 is 5.32 Å². The van der Waals surface area contributed by atoms with E-state index in [0.29, 0.717) is 5.92 Å². The highest BCUT2D eigenvalue weighted by atomic mass is 19.1. The predicted molar refractivity (Wildman–Crippen MR) is 49.9 cm³/mol. The van der Waals surface area contributed by atoms with Gasteiger partial charge >= 0.3 is 0 Å². The Bertz CT molecular complexity index is 133. The molecule has 0 spiro atoms. The molecule has 12 heavy (non-hydrogen) atoms. The number of hydrogen-bond donors (Lipinski definition) is 1. The van der Waals surface area contributed by atoms with Gasteiger partial charge in [-0.05, 0) is 37.3 Å². The first-order chi connectivity index (χ1) is 5.50. The molecule has 0 bridgehead atoms. The Labute approximate surface area is 74.7 Å². The Morgan fingerprint density at radius 3 is 2.58 bits per heavy atom. The maximum Gasteiger partial charge on any atom is 0.105 e. The smallest absolute Gasteiger partial charge is 0.105 e. The van der Waals surface area contributed by atoms with E-state index in [-0.39, 0.29) is 5.41 Å². The average molecular weight is 173 g/mol. The number of nitrogens with one attached hydrogen (secondary N) is 1. The zero-order chi connectivity index (χ0) is 9.19. The fraction of sp³-hybridized carbons (Fsp3) is 1.00. The molecule has 1 nitrogen and oxygen atoms in total. The number of rotatable bonds is 2. The highest BCUT2D eigenvalue weighted by Crippen LogP contribution is 2.29. The van der Waals surface area contributed by atoms with Crippen molar-refractivity contribution in [1.82, 2.24) is 5.32 Å². The molecule has 0 amide bonds. The van der Waals surface area contributed by atoms with Gasteiger partial charge in [0.25, 0.3) is 0 Å². The summed E-state index contributed by atoms with van der Waals surface area (Å²) >= 11 is 0. The van der Waals surface area contributed by atoms with Crippen molar-refractivity contribution in [2.24, 2.45) is 11.3 Å². The lowest BCUT2D eigenvalue weighted by Gasteiger charge is -2.25. The summed E-state index contributed by atoms with van der Waals surface area (Å²) in [5.74, 6) is 0.569. The first kappa shape index (κ1) is 9.97. The summed E-state index contributed by atoms with van der Waals surface area (Å²) in [6.45, 7) is 8.00. The average Bonchev–Trinajstić information content (AvgIpc) is 2.37. The maximum absolute atomic E-state index is 13.5. The van der Waals surface area contributed by atoms with Crippen LogP contribution in [0.3, 0.4) is 0 Å².